The average Bonchev–Trinajstić information content (AvgIpc) is 3.31. The summed E-state index contributed by atoms with van der Waals surface area (Å²) in [4.78, 5) is 18.2. The minimum absolute atomic E-state index is 0.101. The molecule has 0 amide bonds. The summed E-state index contributed by atoms with van der Waals surface area (Å²) >= 11 is 9.68. The lowest BCUT2D eigenvalue weighted by atomic mass is 10.2. The molecule has 2 aromatic heterocycles. The number of benzene rings is 3. The van der Waals surface area contributed by atoms with Gasteiger partial charge in [0.05, 0.1) is 23.7 Å². The molecule has 2 heterocycles. The summed E-state index contributed by atoms with van der Waals surface area (Å²) < 4.78 is 19.2. The molecule has 0 radical (unpaired) electrons. The lowest BCUT2D eigenvalue weighted by Crippen LogP contribution is -2.20. The Balaban J connectivity index is 1.66. The first kappa shape index (κ1) is 24.6. The van der Waals surface area contributed by atoms with Gasteiger partial charge in [0, 0.05) is 20.4 Å². The lowest BCUT2D eigenvalue weighted by molar-refractivity contribution is 0.299. The van der Waals surface area contributed by atoms with Gasteiger partial charge in [-0.15, -0.1) is 6.42 Å². The van der Waals surface area contributed by atoms with Crippen molar-refractivity contribution >= 4 is 55.6 Å². The van der Waals surface area contributed by atoms with Crippen LogP contribution in [0.2, 0.25) is 5.02 Å². The maximum Gasteiger partial charge on any atom is 0.282 e. The minimum atomic E-state index is -0.342. The van der Waals surface area contributed by atoms with Crippen LogP contribution >= 0.6 is 27.5 Å². The highest BCUT2D eigenvalue weighted by molar-refractivity contribution is 9.10. The summed E-state index contributed by atoms with van der Waals surface area (Å²) in [5, 5.41) is 6.30. The van der Waals surface area contributed by atoms with Gasteiger partial charge in [-0.3, -0.25) is 4.79 Å². The molecule has 0 saturated carbocycles. The SMILES string of the molecule is C#CCOc1cc(Br)c(C=Nn2c(-c3cc4cc(Cl)ccc4o3)nc3ccccc3c2=O)cc1OCC. The second kappa shape index (κ2) is 10.5. The molecule has 0 saturated heterocycles. The van der Waals surface area contributed by atoms with Crippen LogP contribution in [0.15, 0.2) is 79.4 Å². The van der Waals surface area contributed by atoms with Crippen molar-refractivity contribution in [2.24, 2.45) is 5.10 Å². The van der Waals surface area contributed by atoms with Gasteiger partial charge in [0.2, 0.25) is 5.82 Å². The Kier molecular flexibility index (Phi) is 6.99. The molecule has 0 aliphatic rings. The van der Waals surface area contributed by atoms with Crippen LogP contribution in [0.25, 0.3) is 33.5 Å². The van der Waals surface area contributed by atoms with Crippen molar-refractivity contribution in [3.63, 3.8) is 0 Å². The molecular formula is C28H19BrClN3O4. The van der Waals surface area contributed by atoms with Crippen LogP contribution in [0.1, 0.15) is 12.5 Å². The molecular weight excluding hydrogens is 558 g/mol. The zero-order valence-electron chi connectivity index (χ0n) is 19.6. The fourth-order valence-corrected chi connectivity index (χ4v) is 4.39. The van der Waals surface area contributed by atoms with E-state index < -0.39 is 0 Å². The number of para-hydroxylation sites is 1. The van der Waals surface area contributed by atoms with Gasteiger partial charge in [0.25, 0.3) is 5.56 Å². The molecule has 9 heteroatoms. The second-order valence-electron chi connectivity index (χ2n) is 7.85. The predicted octanol–water partition coefficient (Wildman–Crippen LogP) is 6.52. The summed E-state index contributed by atoms with van der Waals surface area (Å²) in [6.45, 7) is 2.40. The smallest absolute Gasteiger partial charge is 0.282 e. The van der Waals surface area contributed by atoms with Crippen molar-refractivity contribution < 1.29 is 13.9 Å². The third-order valence-electron chi connectivity index (χ3n) is 5.44. The molecule has 3 aromatic carbocycles. The summed E-state index contributed by atoms with van der Waals surface area (Å²) in [6.07, 6.45) is 6.87. The van der Waals surface area contributed by atoms with E-state index in [1.54, 1.807) is 60.8 Å². The highest BCUT2D eigenvalue weighted by Gasteiger charge is 2.17. The Hall–Kier alpha value is -4.06. The molecule has 0 atom stereocenters. The van der Waals surface area contributed by atoms with E-state index in [4.69, 9.17) is 36.9 Å². The van der Waals surface area contributed by atoms with Crippen molar-refractivity contribution in [2.75, 3.05) is 13.2 Å². The number of halogens is 2. The van der Waals surface area contributed by atoms with Gasteiger partial charge >= 0.3 is 0 Å². The average molecular weight is 577 g/mol. The van der Waals surface area contributed by atoms with E-state index in [1.165, 1.54) is 4.68 Å². The summed E-state index contributed by atoms with van der Waals surface area (Å²) in [5.41, 5.74) is 1.45. The Bertz CT molecular complexity index is 1770. The zero-order valence-corrected chi connectivity index (χ0v) is 21.9. The van der Waals surface area contributed by atoms with Crippen molar-refractivity contribution in [3.8, 4) is 35.4 Å². The Morgan fingerprint density at radius 1 is 1.16 bits per heavy atom. The largest absolute Gasteiger partial charge is 0.490 e. The fourth-order valence-electron chi connectivity index (χ4n) is 3.78. The summed E-state index contributed by atoms with van der Waals surface area (Å²) in [5.74, 6) is 4.07. The van der Waals surface area contributed by atoms with E-state index in [1.807, 2.05) is 13.0 Å². The van der Waals surface area contributed by atoms with Gasteiger partial charge in [-0.05, 0) is 71.4 Å². The maximum atomic E-state index is 13.5. The van der Waals surface area contributed by atoms with E-state index in [-0.39, 0.29) is 18.0 Å². The first-order chi connectivity index (χ1) is 18.0. The molecule has 0 N–H and O–H groups in total. The van der Waals surface area contributed by atoms with E-state index in [2.05, 4.69) is 27.0 Å². The summed E-state index contributed by atoms with van der Waals surface area (Å²) in [7, 11) is 0. The van der Waals surface area contributed by atoms with Crippen LogP contribution in [0.5, 0.6) is 11.5 Å². The molecule has 37 heavy (non-hydrogen) atoms. The van der Waals surface area contributed by atoms with Crippen molar-refractivity contribution in [1.29, 1.82) is 0 Å². The minimum Gasteiger partial charge on any atom is -0.490 e. The topological polar surface area (TPSA) is 78.9 Å². The second-order valence-corrected chi connectivity index (χ2v) is 9.14. The third kappa shape index (κ3) is 4.96. The van der Waals surface area contributed by atoms with E-state index in [9.17, 15) is 4.79 Å². The third-order valence-corrected chi connectivity index (χ3v) is 6.36. The number of nitrogens with zero attached hydrogens (tertiary/aromatic N) is 3. The maximum absolute atomic E-state index is 13.5. The molecule has 0 aliphatic heterocycles. The lowest BCUT2D eigenvalue weighted by Gasteiger charge is -2.12. The monoisotopic (exact) mass is 575 g/mol. The van der Waals surface area contributed by atoms with Crippen molar-refractivity contribution in [3.05, 3.63) is 86.1 Å². The van der Waals surface area contributed by atoms with E-state index >= 15 is 0 Å². The van der Waals surface area contributed by atoms with Gasteiger partial charge in [-0.25, -0.2) is 4.98 Å². The van der Waals surface area contributed by atoms with Crippen molar-refractivity contribution in [2.45, 2.75) is 6.92 Å². The number of ether oxygens (including phenoxy) is 2. The molecule has 0 fully saturated rings. The molecule has 0 bridgehead atoms. The summed E-state index contributed by atoms with van der Waals surface area (Å²) in [6, 6.07) is 17.7. The van der Waals surface area contributed by atoms with Crippen LogP contribution < -0.4 is 15.0 Å². The molecule has 7 nitrogen and oxygen atoms in total. The highest BCUT2D eigenvalue weighted by atomic mass is 79.9. The van der Waals surface area contributed by atoms with Crippen LogP contribution in [0.3, 0.4) is 0 Å². The number of terminal acetylenes is 1. The molecule has 0 spiro atoms. The Morgan fingerprint density at radius 3 is 2.78 bits per heavy atom. The van der Waals surface area contributed by atoms with Crippen LogP contribution in [0.4, 0.5) is 0 Å². The van der Waals surface area contributed by atoms with Gasteiger partial charge in [-0.1, -0.05) is 29.7 Å². The normalized spacial score (nSPS) is 11.3. The number of hydrogen-bond donors (Lipinski definition) is 0. The molecule has 5 aromatic rings. The number of hydrogen-bond acceptors (Lipinski definition) is 6. The van der Waals surface area contributed by atoms with Gasteiger partial charge in [0.1, 0.15) is 12.2 Å². The van der Waals surface area contributed by atoms with Crippen molar-refractivity contribution in [1.82, 2.24) is 9.66 Å². The molecule has 0 unspecified atom stereocenters. The van der Waals surface area contributed by atoms with Crippen LogP contribution in [-0.4, -0.2) is 29.1 Å². The fraction of sp³-hybridized carbons (Fsp3) is 0.107. The van der Waals surface area contributed by atoms with Gasteiger partial charge < -0.3 is 13.9 Å². The van der Waals surface area contributed by atoms with Crippen LogP contribution in [-0.2, 0) is 0 Å². The van der Waals surface area contributed by atoms with Gasteiger partial charge in [0.15, 0.2) is 17.3 Å². The molecule has 0 aliphatic carbocycles. The highest BCUT2D eigenvalue weighted by Crippen LogP contribution is 2.34. The predicted molar refractivity (Wildman–Crippen MR) is 149 cm³/mol. The number of furan rings is 1. The first-order valence-corrected chi connectivity index (χ1v) is 12.4. The molecule has 184 valence electrons. The number of fused-ring (bicyclic) bond motifs is 2. The van der Waals surface area contributed by atoms with Crippen LogP contribution in [0, 0.1) is 12.3 Å². The zero-order chi connectivity index (χ0) is 25.9. The standard InChI is InChI=1S/C28H19BrClN3O4/c1-3-11-36-25-15-21(29)18(14-24(25)35-4-2)16-31-33-27(32-22-8-6-5-7-20(22)28(33)34)26-13-17-12-19(30)9-10-23(17)37-26/h1,5-10,12-16H,4,11H2,2H3. The Labute approximate surface area is 225 Å². The first-order valence-electron chi connectivity index (χ1n) is 11.3. The van der Waals surface area contributed by atoms with Gasteiger partial charge in [-0.2, -0.15) is 9.78 Å². The number of aromatic nitrogens is 2. The Morgan fingerprint density at radius 2 is 1.97 bits per heavy atom. The quantitative estimate of drug-likeness (QED) is 0.163. The molecule has 5 rings (SSSR count). The van der Waals surface area contributed by atoms with E-state index in [0.29, 0.717) is 55.4 Å². The number of rotatable bonds is 7. The van der Waals surface area contributed by atoms with E-state index in [0.717, 1.165) is 5.39 Å².